The van der Waals surface area contributed by atoms with E-state index in [0.717, 1.165) is 11.0 Å². The molecule has 0 aliphatic heterocycles. The third kappa shape index (κ3) is 2.45. The number of amides is 1. The molecule has 1 aromatic rings. The molecule has 1 rings (SSSR count). The van der Waals surface area contributed by atoms with Crippen LogP contribution in [0.2, 0.25) is 10.0 Å². The zero-order chi connectivity index (χ0) is 13.3. The third-order valence-electron chi connectivity index (χ3n) is 2.01. The summed E-state index contributed by atoms with van der Waals surface area (Å²) in [7, 11) is 2.80. The number of carbonyl (C=O) groups is 2. The summed E-state index contributed by atoms with van der Waals surface area (Å²) >= 11 is 11.2. The van der Waals surface area contributed by atoms with Crippen LogP contribution in [0, 0.1) is 0 Å². The van der Waals surface area contributed by atoms with Crippen LogP contribution in [0.4, 0.5) is 0 Å². The Bertz CT molecular complexity index is 500. The van der Waals surface area contributed by atoms with Crippen LogP contribution in [-0.4, -0.2) is 40.9 Å². The lowest BCUT2D eigenvalue weighted by molar-refractivity contribution is -0.124. The van der Waals surface area contributed by atoms with E-state index in [2.05, 4.69) is 0 Å². The lowest BCUT2D eigenvalue weighted by atomic mass is 10.1. The van der Waals surface area contributed by atoms with Gasteiger partial charge in [-0.3, -0.25) is 9.59 Å². The number of rotatable bonds is 2. The van der Waals surface area contributed by atoms with Gasteiger partial charge in [0.1, 0.15) is 0 Å². The van der Waals surface area contributed by atoms with Crippen LogP contribution in [-0.2, 0) is 4.79 Å². The number of hydrogen-bond donors (Lipinski definition) is 2. The van der Waals surface area contributed by atoms with Gasteiger partial charge in [0.2, 0.25) is 0 Å². The Morgan fingerprint density at radius 2 is 1.71 bits per heavy atom. The van der Waals surface area contributed by atoms with Gasteiger partial charge in [0.05, 0.1) is 15.6 Å². The van der Waals surface area contributed by atoms with Crippen LogP contribution >= 0.6 is 23.2 Å². The second-order valence-corrected chi connectivity index (χ2v) is 4.23. The standard InChI is InChI=1S/C10H9Cl2NO4/c1-13(2)10(17)7(14)4-3-5(11)8(15)9(16)6(4)12/h3,15-16H,1-2H3. The number of aromatic hydroxyl groups is 2. The molecule has 0 unspecified atom stereocenters. The average molecular weight is 278 g/mol. The van der Waals surface area contributed by atoms with Gasteiger partial charge in [-0.2, -0.15) is 0 Å². The molecule has 0 radical (unpaired) electrons. The molecule has 0 saturated heterocycles. The minimum absolute atomic E-state index is 0.259. The normalized spacial score (nSPS) is 10.1. The van der Waals surface area contributed by atoms with Crippen molar-refractivity contribution in [2.45, 2.75) is 0 Å². The predicted molar refractivity (Wildman–Crippen MR) is 62.8 cm³/mol. The molecular weight excluding hydrogens is 269 g/mol. The molecule has 17 heavy (non-hydrogen) atoms. The van der Waals surface area contributed by atoms with Crippen LogP contribution in [0.15, 0.2) is 6.07 Å². The summed E-state index contributed by atoms with van der Waals surface area (Å²) in [6, 6.07) is 1.03. The number of Topliss-reactive ketones (excluding diaryl/α,β-unsaturated/α-hetero) is 1. The number of ketones is 1. The van der Waals surface area contributed by atoms with Gasteiger partial charge in [0.25, 0.3) is 11.7 Å². The molecule has 0 aliphatic carbocycles. The Hall–Kier alpha value is -1.46. The van der Waals surface area contributed by atoms with E-state index in [4.69, 9.17) is 23.2 Å². The topological polar surface area (TPSA) is 77.8 Å². The number of phenolic OH excluding ortho intramolecular Hbond substituents is 2. The highest BCUT2D eigenvalue weighted by Gasteiger charge is 2.25. The Balaban J connectivity index is 3.34. The fourth-order valence-electron chi connectivity index (χ4n) is 1.09. The van der Waals surface area contributed by atoms with E-state index < -0.39 is 28.2 Å². The molecular formula is C10H9Cl2NO4. The summed E-state index contributed by atoms with van der Waals surface area (Å²) in [5.41, 5.74) is -0.259. The average Bonchev–Trinajstić information content (AvgIpc) is 2.29. The summed E-state index contributed by atoms with van der Waals surface area (Å²) in [5, 5.41) is 18.0. The molecule has 0 spiro atoms. The van der Waals surface area contributed by atoms with Crippen molar-refractivity contribution in [2.24, 2.45) is 0 Å². The van der Waals surface area contributed by atoms with E-state index in [0.29, 0.717) is 0 Å². The highest BCUT2D eigenvalue weighted by molar-refractivity contribution is 6.48. The molecule has 0 bridgehead atoms. The van der Waals surface area contributed by atoms with Crippen molar-refractivity contribution in [3.05, 3.63) is 21.7 Å². The molecule has 7 heteroatoms. The van der Waals surface area contributed by atoms with Crippen molar-refractivity contribution in [2.75, 3.05) is 14.1 Å². The number of benzene rings is 1. The Morgan fingerprint density at radius 1 is 1.18 bits per heavy atom. The molecule has 0 fully saturated rings. The SMILES string of the molecule is CN(C)C(=O)C(=O)c1cc(Cl)c(O)c(O)c1Cl. The Labute approximate surface area is 107 Å². The predicted octanol–water partition coefficient (Wildman–Crippen LogP) is 1.68. The quantitative estimate of drug-likeness (QED) is 0.490. The van der Waals surface area contributed by atoms with Crippen LogP contribution in [0.3, 0.4) is 0 Å². The van der Waals surface area contributed by atoms with Gasteiger partial charge in [-0.15, -0.1) is 0 Å². The summed E-state index contributed by atoms with van der Waals surface area (Å²) < 4.78 is 0. The fourth-order valence-corrected chi connectivity index (χ4v) is 1.52. The van der Waals surface area contributed by atoms with Gasteiger partial charge >= 0.3 is 0 Å². The van der Waals surface area contributed by atoms with E-state index in [1.165, 1.54) is 14.1 Å². The van der Waals surface area contributed by atoms with Crippen LogP contribution in [0.25, 0.3) is 0 Å². The molecule has 1 aromatic carbocycles. The van der Waals surface area contributed by atoms with Crippen molar-refractivity contribution in [1.29, 1.82) is 0 Å². The van der Waals surface area contributed by atoms with E-state index in [1.54, 1.807) is 0 Å². The second kappa shape index (κ2) is 4.81. The Morgan fingerprint density at radius 3 is 2.18 bits per heavy atom. The Kier molecular flexibility index (Phi) is 3.85. The van der Waals surface area contributed by atoms with E-state index in [1.807, 2.05) is 0 Å². The highest BCUT2D eigenvalue weighted by atomic mass is 35.5. The number of phenols is 2. The van der Waals surface area contributed by atoms with Crippen LogP contribution in [0.5, 0.6) is 11.5 Å². The number of carbonyl (C=O) groups excluding carboxylic acids is 2. The maximum absolute atomic E-state index is 11.7. The monoisotopic (exact) mass is 277 g/mol. The molecule has 0 aromatic heterocycles. The van der Waals surface area contributed by atoms with Gasteiger partial charge in [-0.1, -0.05) is 23.2 Å². The molecule has 0 saturated carbocycles. The summed E-state index contributed by atoms with van der Waals surface area (Å²) in [6.07, 6.45) is 0. The molecule has 5 nitrogen and oxygen atoms in total. The maximum Gasteiger partial charge on any atom is 0.294 e. The first-order valence-corrected chi connectivity index (χ1v) is 5.18. The first-order valence-electron chi connectivity index (χ1n) is 4.43. The maximum atomic E-state index is 11.7. The third-order valence-corrected chi connectivity index (χ3v) is 2.68. The minimum Gasteiger partial charge on any atom is -0.503 e. The summed E-state index contributed by atoms with van der Waals surface area (Å²) in [4.78, 5) is 24.2. The van der Waals surface area contributed by atoms with E-state index >= 15 is 0 Å². The van der Waals surface area contributed by atoms with Crippen molar-refractivity contribution in [3.8, 4) is 11.5 Å². The molecule has 0 heterocycles. The van der Waals surface area contributed by atoms with Crippen molar-refractivity contribution < 1.29 is 19.8 Å². The van der Waals surface area contributed by atoms with Crippen molar-refractivity contribution in [3.63, 3.8) is 0 Å². The van der Waals surface area contributed by atoms with Gasteiger partial charge in [0.15, 0.2) is 11.5 Å². The van der Waals surface area contributed by atoms with Crippen molar-refractivity contribution in [1.82, 2.24) is 4.90 Å². The van der Waals surface area contributed by atoms with Gasteiger partial charge in [0, 0.05) is 14.1 Å². The first kappa shape index (κ1) is 13.6. The number of halogens is 2. The smallest absolute Gasteiger partial charge is 0.294 e. The van der Waals surface area contributed by atoms with E-state index in [9.17, 15) is 19.8 Å². The molecule has 0 atom stereocenters. The van der Waals surface area contributed by atoms with E-state index in [-0.39, 0.29) is 10.6 Å². The second-order valence-electron chi connectivity index (χ2n) is 3.45. The van der Waals surface area contributed by atoms with Gasteiger partial charge < -0.3 is 15.1 Å². The summed E-state index contributed by atoms with van der Waals surface area (Å²) in [5.74, 6) is -3.09. The van der Waals surface area contributed by atoms with Crippen molar-refractivity contribution >= 4 is 34.9 Å². The van der Waals surface area contributed by atoms with Crippen LogP contribution in [0.1, 0.15) is 10.4 Å². The number of hydrogen-bond acceptors (Lipinski definition) is 4. The number of nitrogens with zero attached hydrogens (tertiary/aromatic N) is 1. The molecule has 92 valence electrons. The lowest BCUT2D eigenvalue weighted by Gasteiger charge is -2.11. The molecule has 2 N–H and O–H groups in total. The number of likely N-dealkylation sites (N-methyl/N-ethyl adjacent to an activating group) is 1. The van der Waals surface area contributed by atoms with Gasteiger partial charge in [-0.05, 0) is 6.07 Å². The zero-order valence-electron chi connectivity index (χ0n) is 8.99. The fraction of sp³-hybridized carbons (Fsp3) is 0.200. The molecule has 0 aliphatic rings. The first-order chi connectivity index (χ1) is 7.77. The largest absolute Gasteiger partial charge is 0.503 e. The van der Waals surface area contributed by atoms with Crippen LogP contribution < -0.4 is 0 Å². The zero-order valence-corrected chi connectivity index (χ0v) is 10.5. The lowest BCUT2D eigenvalue weighted by Crippen LogP contribution is -2.30. The van der Waals surface area contributed by atoms with Gasteiger partial charge in [-0.25, -0.2) is 0 Å². The summed E-state index contributed by atoms with van der Waals surface area (Å²) in [6.45, 7) is 0. The highest BCUT2D eigenvalue weighted by Crippen LogP contribution is 2.41. The molecule has 1 amide bonds. The minimum atomic E-state index is -0.919.